The van der Waals surface area contributed by atoms with Crippen LogP contribution in [0.15, 0.2) is 0 Å². The molecule has 1 fully saturated rings. The molecule has 0 aliphatic carbocycles. The van der Waals surface area contributed by atoms with Crippen LogP contribution in [0.2, 0.25) is 0 Å². The topological polar surface area (TPSA) is 107 Å². The predicted octanol–water partition coefficient (Wildman–Crippen LogP) is -1.19. The first kappa shape index (κ1) is 14.4. The number of nitrogens with zero attached hydrogens (tertiary/aromatic N) is 1. The molecule has 1 rings (SSSR count). The number of piperidine rings is 1. The molecule has 1 aliphatic heterocycles. The van der Waals surface area contributed by atoms with E-state index in [4.69, 9.17) is 10.2 Å². The van der Waals surface area contributed by atoms with Gasteiger partial charge in [0.2, 0.25) is 11.8 Å². The van der Waals surface area contributed by atoms with E-state index in [-0.39, 0.29) is 24.3 Å². The van der Waals surface area contributed by atoms with E-state index in [0.29, 0.717) is 25.9 Å². The van der Waals surface area contributed by atoms with E-state index in [1.807, 2.05) is 0 Å². The van der Waals surface area contributed by atoms with Crippen molar-refractivity contribution in [3.63, 3.8) is 0 Å². The summed E-state index contributed by atoms with van der Waals surface area (Å²) in [5.41, 5.74) is 0. The van der Waals surface area contributed by atoms with Gasteiger partial charge in [0.15, 0.2) is 6.10 Å². The number of carbonyl (C=O) groups is 3. The number of nitrogens with one attached hydrogen (secondary N) is 1. The molecule has 0 unspecified atom stereocenters. The molecule has 0 aromatic rings. The molecule has 0 aromatic carbocycles. The maximum atomic E-state index is 11.7. The monoisotopic (exact) mass is 258 g/mol. The fourth-order valence-electron chi connectivity index (χ4n) is 1.89. The van der Waals surface area contributed by atoms with E-state index < -0.39 is 12.1 Å². The van der Waals surface area contributed by atoms with Gasteiger partial charge in [-0.3, -0.25) is 9.59 Å². The second kappa shape index (κ2) is 6.34. The zero-order valence-corrected chi connectivity index (χ0v) is 10.3. The summed E-state index contributed by atoms with van der Waals surface area (Å²) in [6.07, 6.45) is -0.449. The molecule has 1 heterocycles. The fraction of sp³-hybridized carbons (Fsp3) is 0.727. The van der Waals surface area contributed by atoms with Gasteiger partial charge >= 0.3 is 5.97 Å². The Morgan fingerprint density at radius 1 is 1.33 bits per heavy atom. The molecule has 0 spiro atoms. The van der Waals surface area contributed by atoms with Crippen molar-refractivity contribution in [3.05, 3.63) is 0 Å². The first-order chi connectivity index (χ1) is 8.41. The van der Waals surface area contributed by atoms with Crippen LogP contribution in [0.4, 0.5) is 0 Å². The third-order valence-corrected chi connectivity index (χ3v) is 3.07. The number of hydrogen-bond acceptors (Lipinski definition) is 4. The smallest absolute Gasteiger partial charge is 0.334 e. The Hall–Kier alpha value is -1.63. The number of likely N-dealkylation sites (tertiary alicyclic amines) is 1. The third kappa shape index (κ3) is 3.99. The van der Waals surface area contributed by atoms with Gasteiger partial charge in [0.1, 0.15) is 0 Å². The summed E-state index contributed by atoms with van der Waals surface area (Å²) in [6.45, 7) is 2.27. The highest BCUT2D eigenvalue weighted by atomic mass is 16.4. The van der Waals surface area contributed by atoms with E-state index in [1.165, 1.54) is 6.92 Å². The Kier molecular flexibility index (Phi) is 5.08. The number of rotatable bonds is 4. The minimum atomic E-state index is -1.58. The third-order valence-electron chi connectivity index (χ3n) is 3.07. The van der Waals surface area contributed by atoms with Gasteiger partial charge in [-0.15, -0.1) is 0 Å². The van der Waals surface area contributed by atoms with Crippen LogP contribution < -0.4 is 5.32 Å². The second-order valence-corrected chi connectivity index (χ2v) is 4.38. The molecule has 18 heavy (non-hydrogen) atoms. The molecule has 0 radical (unpaired) electrons. The van der Waals surface area contributed by atoms with Crippen LogP contribution in [0.25, 0.3) is 0 Å². The highest BCUT2D eigenvalue weighted by Gasteiger charge is 2.26. The molecular formula is C11H18N2O5. The summed E-state index contributed by atoms with van der Waals surface area (Å²) < 4.78 is 0. The van der Waals surface area contributed by atoms with Gasteiger partial charge in [-0.2, -0.15) is 0 Å². The Bertz CT molecular complexity index is 336. The summed E-state index contributed by atoms with van der Waals surface area (Å²) in [6, 6.07) is 0. The van der Waals surface area contributed by atoms with Crippen molar-refractivity contribution in [3.8, 4) is 0 Å². The number of aliphatic carboxylic acids is 1. The van der Waals surface area contributed by atoms with Crippen LogP contribution in [0.3, 0.4) is 0 Å². The standard InChI is InChI=1S/C11H18N2O5/c1-7(14)13-4-2-8(3-5-13)10(16)12-6-9(15)11(17)18/h8-9,15H,2-6H2,1H3,(H,12,16)(H,17,18)/t9-/m0/s1. The van der Waals surface area contributed by atoms with Gasteiger partial charge in [0.05, 0.1) is 6.54 Å². The lowest BCUT2D eigenvalue weighted by molar-refractivity contribution is -0.146. The highest BCUT2D eigenvalue weighted by molar-refractivity contribution is 5.80. The summed E-state index contributed by atoms with van der Waals surface area (Å²) in [5.74, 6) is -1.85. The highest BCUT2D eigenvalue weighted by Crippen LogP contribution is 2.17. The quantitative estimate of drug-likeness (QED) is 0.587. The fourth-order valence-corrected chi connectivity index (χ4v) is 1.89. The van der Waals surface area contributed by atoms with Crippen molar-refractivity contribution in [1.82, 2.24) is 10.2 Å². The van der Waals surface area contributed by atoms with E-state index >= 15 is 0 Å². The minimum absolute atomic E-state index is 0.00448. The maximum absolute atomic E-state index is 11.7. The van der Waals surface area contributed by atoms with Crippen molar-refractivity contribution in [2.45, 2.75) is 25.9 Å². The van der Waals surface area contributed by atoms with Gasteiger partial charge in [-0.1, -0.05) is 0 Å². The van der Waals surface area contributed by atoms with Gasteiger partial charge in [0, 0.05) is 25.9 Å². The average molecular weight is 258 g/mol. The zero-order chi connectivity index (χ0) is 13.7. The van der Waals surface area contributed by atoms with E-state index in [1.54, 1.807) is 4.90 Å². The second-order valence-electron chi connectivity index (χ2n) is 4.38. The van der Waals surface area contributed by atoms with E-state index in [0.717, 1.165) is 0 Å². The van der Waals surface area contributed by atoms with Gasteiger partial charge < -0.3 is 20.4 Å². The number of carboxylic acid groups (broad SMARTS) is 1. The largest absolute Gasteiger partial charge is 0.479 e. The molecule has 0 aromatic heterocycles. The van der Waals surface area contributed by atoms with Crippen molar-refractivity contribution in [2.75, 3.05) is 19.6 Å². The van der Waals surface area contributed by atoms with Crippen LogP contribution in [0.1, 0.15) is 19.8 Å². The number of carbonyl (C=O) groups excluding carboxylic acids is 2. The predicted molar refractivity (Wildman–Crippen MR) is 61.6 cm³/mol. The van der Waals surface area contributed by atoms with Crippen molar-refractivity contribution in [1.29, 1.82) is 0 Å². The SMILES string of the molecule is CC(=O)N1CCC(C(=O)NC[C@H](O)C(=O)O)CC1. The van der Waals surface area contributed by atoms with Crippen molar-refractivity contribution >= 4 is 17.8 Å². The summed E-state index contributed by atoms with van der Waals surface area (Å²) in [7, 11) is 0. The Morgan fingerprint density at radius 3 is 2.33 bits per heavy atom. The van der Waals surface area contributed by atoms with Crippen LogP contribution in [0.5, 0.6) is 0 Å². The number of hydrogen-bond donors (Lipinski definition) is 3. The lowest BCUT2D eigenvalue weighted by Gasteiger charge is -2.30. The van der Waals surface area contributed by atoms with Crippen LogP contribution in [-0.4, -0.2) is 58.6 Å². The molecule has 2 amide bonds. The summed E-state index contributed by atoms with van der Waals surface area (Å²) in [4.78, 5) is 34.8. The van der Waals surface area contributed by atoms with Crippen LogP contribution >= 0.6 is 0 Å². The van der Waals surface area contributed by atoms with Crippen molar-refractivity contribution in [2.24, 2.45) is 5.92 Å². The van der Waals surface area contributed by atoms with E-state index in [2.05, 4.69) is 5.32 Å². The van der Waals surface area contributed by atoms with Crippen LogP contribution in [0, 0.1) is 5.92 Å². The van der Waals surface area contributed by atoms with Gasteiger partial charge in [0.25, 0.3) is 0 Å². The lowest BCUT2D eigenvalue weighted by atomic mass is 9.96. The van der Waals surface area contributed by atoms with Gasteiger partial charge in [-0.05, 0) is 12.8 Å². The average Bonchev–Trinajstić information content (AvgIpc) is 2.35. The molecule has 102 valence electrons. The number of amides is 2. The Labute approximate surface area is 105 Å². The van der Waals surface area contributed by atoms with Crippen LogP contribution in [-0.2, 0) is 14.4 Å². The molecule has 0 saturated carbocycles. The summed E-state index contributed by atoms with van der Waals surface area (Å²) >= 11 is 0. The Morgan fingerprint density at radius 2 is 1.89 bits per heavy atom. The molecule has 7 nitrogen and oxygen atoms in total. The number of carboxylic acids is 1. The van der Waals surface area contributed by atoms with Gasteiger partial charge in [-0.25, -0.2) is 4.79 Å². The summed E-state index contributed by atoms with van der Waals surface area (Å²) in [5, 5.41) is 19.9. The number of aliphatic hydroxyl groups is 1. The first-order valence-electron chi connectivity index (χ1n) is 5.86. The molecular weight excluding hydrogens is 240 g/mol. The van der Waals surface area contributed by atoms with Crippen molar-refractivity contribution < 1.29 is 24.6 Å². The Balaban J connectivity index is 2.32. The maximum Gasteiger partial charge on any atom is 0.334 e. The molecule has 0 bridgehead atoms. The minimum Gasteiger partial charge on any atom is -0.479 e. The number of aliphatic hydroxyl groups excluding tert-OH is 1. The van der Waals surface area contributed by atoms with E-state index in [9.17, 15) is 14.4 Å². The molecule has 1 aliphatic rings. The molecule has 3 N–H and O–H groups in total. The zero-order valence-electron chi connectivity index (χ0n) is 10.3. The normalized spacial score (nSPS) is 18.2. The first-order valence-corrected chi connectivity index (χ1v) is 5.86. The molecule has 1 atom stereocenters. The molecule has 1 saturated heterocycles. The lowest BCUT2D eigenvalue weighted by Crippen LogP contribution is -2.44. The molecule has 7 heteroatoms.